The van der Waals surface area contributed by atoms with E-state index in [-0.39, 0.29) is 0 Å². The van der Waals surface area contributed by atoms with E-state index in [9.17, 15) is 4.79 Å². The van der Waals surface area contributed by atoms with Gasteiger partial charge < -0.3 is 20.1 Å². The van der Waals surface area contributed by atoms with Crippen molar-refractivity contribution in [1.29, 1.82) is 0 Å². The first-order valence-electron chi connectivity index (χ1n) is 6.42. The Morgan fingerprint density at radius 2 is 1.76 bits per heavy atom. The summed E-state index contributed by atoms with van der Waals surface area (Å²) in [6, 6.07) is 12.7. The number of nitrogens with two attached hydrogens (primary N) is 1. The molecule has 0 aromatic heterocycles. The number of hydrogen-bond acceptors (Lipinski definition) is 5. The molecule has 2 N–H and O–H groups in total. The van der Waals surface area contributed by atoms with Crippen LogP contribution in [0.2, 0.25) is 0 Å². The van der Waals surface area contributed by atoms with Crippen molar-refractivity contribution >= 4 is 23.0 Å². The molecule has 0 aliphatic carbocycles. The molecule has 0 amide bonds. The molecule has 5 heteroatoms. The largest absolute Gasteiger partial charge is 0.497 e. The molecule has 2 aromatic rings. The summed E-state index contributed by atoms with van der Waals surface area (Å²) in [7, 11) is 4.88. The number of methoxy groups -OCH3 is 2. The lowest BCUT2D eigenvalue weighted by atomic mass is 10.1. The van der Waals surface area contributed by atoms with Gasteiger partial charge in [-0.25, -0.2) is 4.79 Å². The first-order chi connectivity index (χ1) is 10.1. The summed E-state index contributed by atoms with van der Waals surface area (Å²) in [4.78, 5) is 13.4. The zero-order valence-electron chi connectivity index (χ0n) is 12.3. The average molecular weight is 286 g/mol. The van der Waals surface area contributed by atoms with E-state index >= 15 is 0 Å². The second kappa shape index (κ2) is 6.17. The van der Waals surface area contributed by atoms with Gasteiger partial charge in [0.25, 0.3) is 0 Å². The van der Waals surface area contributed by atoms with Crippen molar-refractivity contribution in [1.82, 2.24) is 0 Å². The molecule has 0 aliphatic heterocycles. The van der Waals surface area contributed by atoms with E-state index in [0.717, 1.165) is 17.1 Å². The number of hydrogen-bond donors (Lipinski definition) is 1. The lowest BCUT2D eigenvalue weighted by molar-refractivity contribution is 0.0601. The van der Waals surface area contributed by atoms with Crippen LogP contribution in [0.3, 0.4) is 0 Å². The van der Waals surface area contributed by atoms with Crippen molar-refractivity contribution in [3.8, 4) is 5.75 Å². The smallest absolute Gasteiger partial charge is 0.337 e. The van der Waals surface area contributed by atoms with E-state index in [2.05, 4.69) is 4.74 Å². The maximum atomic E-state index is 11.5. The minimum absolute atomic E-state index is 0.402. The summed E-state index contributed by atoms with van der Waals surface area (Å²) >= 11 is 0. The van der Waals surface area contributed by atoms with Crippen LogP contribution in [-0.4, -0.2) is 27.2 Å². The zero-order valence-corrected chi connectivity index (χ0v) is 12.3. The van der Waals surface area contributed by atoms with Gasteiger partial charge in [0.15, 0.2) is 0 Å². The van der Waals surface area contributed by atoms with Gasteiger partial charge in [-0.1, -0.05) is 0 Å². The topological polar surface area (TPSA) is 64.8 Å². The SMILES string of the molecule is COC(=O)c1ccc(N(C)c2ccc(OC)cc2)c(N)c1. The van der Waals surface area contributed by atoms with E-state index in [0.29, 0.717) is 11.3 Å². The molecule has 0 unspecified atom stereocenters. The Bertz CT molecular complexity index is 638. The first-order valence-corrected chi connectivity index (χ1v) is 6.42. The highest BCUT2D eigenvalue weighted by Crippen LogP contribution is 2.30. The molecule has 2 rings (SSSR count). The van der Waals surface area contributed by atoms with Crippen LogP contribution in [0.1, 0.15) is 10.4 Å². The molecule has 0 spiro atoms. The quantitative estimate of drug-likeness (QED) is 0.691. The number of benzene rings is 2. The van der Waals surface area contributed by atoms with Crippen LogP contribution in [0.5, 0.6) is 5.75 Å². The van der Waals surface area contributed by atoms with E-state index < -0.39 is 5.97 Å². The number of anilines is 3. The van der Waals surface area contributed by atoms with Crippen LogP contribution in [0.25, 0.3) is 0 Å². The second-order valence-electron chi connectivity index (χ2n) is 4.52. The number of nitrogens with zero attached hydrogens (tertiary/aromatic N) is 1. The summed E-state index contributed by atoms with van der Waals surface area (Å²) < 4.78 is 9.82. The Morgan fingerprint density at radius 1 is 1.10 bits per heavy atom. The maximum Gasteiger partial charge on any atom is 0.337 e. The van der Waals surface area contributed by atoms with Gasteiger partial charge in [0.1, 0.15) is 5.75 Å². The van der Waals surface area contributed by atoms with E-state index in [1.54, 1.807) is 25.3 Å². The molecule has 0 saturated carbocycles. The van der Waals surface area contributed by atoms with Gasteiger partial charge in [-0.2, -0.15) is 0 Å². The van der Waals surface area contributed by atoms with Gasteiger partial charge >= 0.3 is 5.97 Å². The van der Waals surface area contributed by atoms with Crippen LogP contribution < -0.4 is 15.4 Å². The Morgan fingerprint density at radius 3 is 2.29 bits per heavy atom. The highest BCUT2D eigenvalue weighted by Gasteiger charge is 2.12. The molecule has 0 heterocycles. The number of ether oxygens (including phenoxy) is 2. The van der Waals surface area contributed by atoms with Gasteiger partial charge in [0, 0.05) is 12.7 Å². The summed E-state index contributed by atoms with van der Waals surface area (Å²) in [5.41, 5.74) is 8.76. The fourth-order valence-electron chi connectivity index (χ4n) is 2.05. The molecule has 0 atom stereocenters. The summed E-state index contributed by atoms with van der Waals surface area (Å²) in [5.74, 6) is 0.390. The van der Waals surface area contributed by atoms with Crippen molar-refractivity contribution in [2.45, 2.75) is 0 Å². The molecule has 0 saturated heterocycles. The predicted molar refractivity (Wildman–Crippen MR) is 83.3 cm³/mol. The van der Waals surface area contributed by atoms with Crippen molar-refractivity contribution in [2.75, 3.05) is 31.9 Å². The number of carbonyl (C=O) groups is 1. The molecule has 21 heavy (non-hydrogen) atoms. The third-order valence-corrected chi connectivity index (χ3v) is 3.27. The molecule has 0 bridgehead atoms. The zero-order chi connectivity index (χ0) is 15.4. The van der Waals surface area contributed by atoms with Crippen molar-refractivity contribution < 1.29 is 14.3 Å². The molecule has 110 valence electrons. The lowest BCUT2D eigenvalue weighted by Gasteiger charge is -2.21. The number of rotatable bonds is 4. The van der Waals surface area contributed by atoms with Crippen molar-refractivity contribution in [3.63, 3.8) is 0 Å². The second-order valence-corrected chi connectivity index (χ2v) is 4.52. The highest BCUT2D eigenvalue weighted by molar-refractivity contribution is 5.92. The summed E-state index contributed by atoms with van der Waals surface area (Å²) in [6.07, 6.45) is 0. The Balaban J connectivity index is 2.30. The molecule has 2 aromatic carbocycles. The lowest BCUT2D eigenvalue weighted by Crippen LogP contribution is -2.12. The molecule has 0 aliphatic rings. The minimum atomic E-state index is -0.402. The fraction of sp³-hybridized carbons (Fsp3) is 0.188. The molecule has 0 fully saturated rings. The molecule has 5 nitrogen and oxygen atoms in total. The number of carbonyl (C=O) groups excluding carboxylic acids is 1. The van der Waals surface area contributed by atoms with Gasteiger partial charge in [-0.3, -0.25) is 0 Å². The van der Waals surface area contributed by atoms with Gasteiger partial charge in [-0.05, 0) is 42.5 Å². The molecule has 0 radical (unpaired) electrons. The van der Waals surface area contributed by atoms with Crippen molar-refractivity contribution in [2.24, 2.45) is 0 Å². The monoisotopic (exact) mass is 286 g/mol. The van der Waals surface area contributed by atoms with Crippen LogP contribution in [0, 0.1) is 0 Å². The van der Waals surface area contributed by atoms with Gasteiger partial charge in [-0.15, -0.1) is 0 Å². The first kappa shape index (κ1) is 14.7. The maximum absolute atomic E-state index is 11.5. The predicted octanol–water partition coefficient (Wildman–Crippen LogP) is 2.83. The van der Waals surface area contributed by atoms with Gasteiger partial charge in [0.05, 0.1) is 31.2 Å². The van der Waals surface area contributed by atoms with Crippen LogP contribution in [0.15, 0.2) is 42.5 Å². The van der Waals surface area contributed by atoms with Crippen LogP contribution >= 0.6 is 0 Å². The third-order valence-electron chi connectivity index (χ3n) is 3.27. The van der Waals surface area contributed by atoms with E-state index in [1.807, 2.05) is 36.2 Å². The number of nitrogen functional groups attached to an aromatic ring is 1. The highest BCUT2D eigenvalue weighted by atomic mass is 16.5. The minimum Gasteiger partial charge on any atom is -0.497 e. The third kappa shape index (κ3) is 3.08. The van der Waals surface area contributed by atoms with E-state index in [4.69, 9.17) is 10.5 Å². The Hall–Kier alpha value is -2.69. The van der Waals surface area contributed by atoms with Crippen LogP contribution in [-0.2, 0) is 4.74 Å². The average Bonchev–Trinajstić information content (AvgIpc) is 2.53. The normalized spacial score (nSPS) is 10.0. The fourth-order valence-corrected chi connectivity index (χ4v) is 2.05. The summed E-state index contributed by atoms with van der Waals surface area (Å²) in [6.45, 7) is 0. The summed E-state index contributed by atoms with van der Waals surface area (Å²) in [5, 5.41) is 0. The Labute approximate surface area is 123 Å². The number of esters is 1. The van der Waals surface area contributed by atoms with Gasteiger partial charge in [0.2, 0.25) is 0 Å². The van der Waals surface area contributed by atoms with Crippen molar-refractivity contribution in [3.05, 3.63) is 48.0 Å². The molecular weight excluding hydrogens is 268 g/mol. The van der Waals surface area contributed by atoms with E-state index in [1.165, 1.54) is 7.11 Å². The standard InChI is InChI=1S/C16H18N2O3/c1-18(12-5-7-13(20-2)8-6-12)15-9-4-11(10-14(15)17)16(19)21-3/h4-10H,17H2,1-3H3. The Kier molecular flexibility index (Phi) is 4.33. The van der Waals surface area contributed by atoms with Crippen LogP contribution in [0.4, 0.5) is 17.1 Å². The molecular formula is C16H18N2O3.